The summed E-state index contributed by atoms with van der Waals surface area (Å²) in [7, 11) is 0. The number of hydrogen-bond acceptors (Lipinski definition) is 3. The Kier molecular flexibility index (Phi) is 13.4. The number of unbranched alkanes of at least 4 members (excludes halogenated alkanes) is 1. The van der Waals surface area contributed by atoms with E-state index in [0.29, 0.717) is 18.1 Å². The zero-order valence-corrected chi connectivity index (χ0v) is 12.3. The number of carboxylic acid groups (broad SMARTS) is 1. The maximum Gasteiger partial charge on any atom is 0.333 e. The van der Waals surface area contributed by atoms with Gasteiger partial charge in [-0.05, 0) is 19.3 Å². The molecule has 0 spiro atoms. The van der Waals surface area contributed by atoms with Gasteiger partial charge in [-0.2, -0.15) is 0 Å². The Hall–Kier alpha value is -1.58. The number of ether oxygens (including phenoxy) is 1. The third-order valence-electron chi connectivity index (χ3n) is 2.52. The molecular formula is C15H26O4. The van der Waals surface area contributed by atoms with E-state index in [2.05, 4.69) is 27.0 Å². The normalized spacial score (nSPS) is 10.7. The van der Waals surface area contributed by atoms with Crippen LogP contribution in [0.15, 0.2) is 24.8 Å². The fraction of sp³-hybridized carbons (Fsp3) is 0.600. The fourth-order valence-corrected chi connectivity index (χ4v) is 1.21. The largest absolute Gasteiger partial charge is 0.478 e. The predicted molar refractivity (Wildman–Crippen MR) is 76.9 cm³/mol. The molecule has 0 aliphatic carbocycles. The molecule has 0 bridgehead atoms. The number of esters is 1. The number of rotatable bonds is 8. The summed E-state index contributed by atoms with van der Waals surface area (Å²) < 4.78 is 5.12. The van der Waals surface area contributed by atoms with E-state index in [1.54, 1.807) is 6.92 Å². The summed E-state index contributed by atoms with van der Waals surface area (Å²) >= 11 is 0. The molecule has 1 N–H and O–H groups in total. The number of hydrogen-bond donors (Lipinski definition) is 1. The number of aliphatic carboxylic acids is 1. The van der Waals surface area contributed by atoms with Crippen LogP contribution in [0.3, 0.4) is 0 Å². The molecule has 0 radical (unpaired) electrons. The van der Waals surface area contributed by atoms with Gasteiger partial charge in [0.25, 0.3) is 0 Å². The molecule has 0 saturated heterocycles. The van der Waals surface area contributed by atoms with Gasteiger partial charge < -0.3 is 9.84 Å². The minimum Gasteiger partial charge on any atom is -0.478 e. The highest BCUT2D eigenvalue weighted by Gasteiger charge is 2.09. The molecule has 0 aliphatic rings. The SMILES string of the molecule is C=C(C)C(=O)OCC(CC)CCCC.C=CC(=O)O. The van der Waals surface area contributed by atoms with Gasteiger partial charge in [0.15, 0.2) is 0 Å². The third-order valence-corrected chi connectivity index (χ3v) is 2.52. The lowest BCUT2D eigenvalue weighted by Crippen LogP contribution is -2.14. The first-order chi connectivity index (χ1) is 8.88. The van der Waals surface area contributed by atoms with Gasteiger partial charge in [-0.3, -0.25) is 0 Å². The highest BCUT2D eigenvalue weighted by atomic mass is 16.5. The average Bonchev–Trinajstić information content (AvgIpc) is 2.39. The van der Waals surface area contributed by atoms with E-state index in [-0.39, 0.29) is 5.97 Å². The summed E-state index contributed by atoms with van der Waals surface area (Å²) in [5.74, 6) is -0.733. The zero-order chi connectivity index (χ0) is 15.3. The van der Waals surface area contributed by atoms with E-state index in [1.165, 1.54) is 12.8 Å². The zero-order valence-electron chi connectivity index (χ0n) is 12.3. The summed E-state index contributed by atoms with van der Waals surface area (Å²) in [5, 5.41) is 7.60. The Labute approximate surface area is 116 Å². The van der Waals surface area contributed by atoms with Crippen molar-refractivity contribution in [2.75, 3.05) is 6.61 Å². The number of carbonyl (C=O) groups excluding carboxylic acids is 1. The van der Waals surface area contributed by atoms with E-state index in [1.807, 2.05) is 0 Å². The van der Waals surface area contributed by atoms with Crippen LogP contribution in [0.2, 0.25) is 0 Å². The Morgan fingerprint density at radius 3 is 2.21 bits per heavy atom. The first kappa shape index (κ1) is 19.8. The van der Waals surface area contributed by atoms with Crippen LogP contribution < -0.4 is 0 Å². The van der Waals surface area contributed by atoms with Crippen molar-refractivity contribution >= 4 is 11.9 Å². The number of carbonyl (C=O) groups is 2. The van der Waals surface area contributed by atoms with Crippen molar-refractivity contribution in [3.8, 4) is 0 Å². The third kappa shape index (κ3) is 14.4. The van der Waals surface area contributed by atoms with Crippen LogP contribution in [0.5, 0.6) is 0 Å². The average molecular weight is 270 g/mol. The maximum absolute atomic E-state index is 11.1. The molecule has 0 fully saturated rings. The summed E-state index contributed by atoms with van der Waals surface area (Å²) in [4.78, 5) is 20.4. The Morgan fingerprint density at radius 1 is 1.37 bits per heavy atom. The van der Waals surface area contributed by atoms with Crippen LogP contribution >= 0.6 is 0 Å². The van der Waals surface area contributed by atoms with E-state index >= 15 is 0 Å². The van der Waals surface area contributed by atoms with Crippen molar-refractivity contribution < 1.29 is 19.4 Å². The molecule has 0 saturated carbocycles. The minimum absolute atomic E-state index is 0.264. The van der Waals surface area contributed by atoms with Crippen LogP contribution in [-0.2, 0) is 14.3 Å². The first-order valence-electron chi connectivity index (χ1n) is 6.56. The van der Waals surface area contributed by atoms with Gasteiger partial charge in [-0.15, -0.1) is 0 Å². The summed E-state index contributed by atoms with van der Waals surface area (Å²) in [6.07, 6.45) is 5.47. The van der Waals surface area contributed by atoms with E-state index in [0.717, 1.165) is 18.9 Å². The second-order valence-electron chi connectivity index (χ2n) is 4.34. The quantitative estimate of drug-likeness (QED) is 0.541. The van der Waals surface area contributed by atoms with Crippen molar-refractivity contribution in [3.05, 3.63) is 24.8 Å². The van der Waals surface area contributed by atoms with Crippen LogP contribution in [0.4, 0.5) is 0 Å². The monoisotopic (exact) mass is 270 g/mol. The summed E-state index contributed by atoms with van der Waals surface area (Å²) in [6, 6.07) is 0. The topological polar surface area (TPSA) is 63.6 Å². The van der Waals surface area contributed by atoms with Gasteiger partial charge in [-0.25, -0.2) is 9.59 Å². The lowest BCUT2D eigenvalue weighted by atomic mass is 10.0. The Morgan fingerprint density at radius 2 is 1.89 bits per heavy atom. The van der Waals surface area contributed by atoms with Crippen LogP contribution in [-0.4, -0.2) is 23.7 Å². The molecule has 110 valence electrons. The molecule has 1 atom stereocenters. The van der Waals surface area contributed by atoms with E-state index in [4.69, 9.17) is 9.84 Å². The van der Waals surface area contributed by atoms with Gasteiger partial charge in [0, 0.05) is 11.6 Å². The fourth-order valence-electron chi connectivity index (χ4n) is 1.21. The molecule has 0 aromatic rings. The van der Waals surface area contributed by atoms with E-state index in [9.17, 15) is 9.59 Å². The predicted octanol–water partition coefficient (Wildman–Crippen LogP) is 3.58. The summed E-state index contributed by atoms with van der Waals surface area (Å²) in [5.41, 5.74) is 0.482. The standard InChI is InChI=1S/C12H22O2.C3H4O2/c1-5-7-8-11(6-2)9-14-12(13)10(3)4;1-2-3(4)5/h11H,3,5-9H2,1-2,4H3;2H,1H2,(H,4,5). The Bertz CT molecular complexity index is 295. The molecule has 4 nitrogen and oxygen atoms in total. The first-order valence-corrected chi connectivity index (χ1v) is 6.56. The van der Waals surface area contributed by atoms with Gasteiger partial charge in [0.1, 0.15) is 0 Å². The molecule has 0 amide bonds. The van der Waals surface area contributed by atoms with Crippen molar-refractivity contribution in [1.82, 2.24) is 0 Å². The van der Waals surface area contributed by atoms with Gasteiger partial charge in [0.2, 0.25) is 0 Å². The lowest BCUT2D eigenvalue weighted by molar-refractivity contribution is -0.140. The second-order valence-corrected chi connectivity index (χ2v) is 4.34. The molecule has 19 heavy (non-hydrogen) atoms. The smallest absolute Gasteiger partial charge is 0.333 e. The molecule has 0 aromatic heterocycles. The maximum atomic E-state index is 11.1. The van der Waals surface area contributed by atoms with Gasteiger partial charge in [-0.1, -0.05) is 46.3 Å². The van der Waals surface area contributed by atoms with Crippen LogP contribution in [0.1, 0.15) is 46.5 Å². The number of carboxylic acids is 1. The molecule has 0 aromatic carbocycles. The molecule has 0 rings (SSSR count). The van der Waals surface area contributed by atoms with Crippen LogP contribution in [0, 0.1) is 5.92 Å². The van der Waals surface area contributed by atoms with Gasteiger partial charge in [0.05, 0.1) is 6.61 Å². The van der Waals surface area contributed by atoms with Crippen molar-refractivity contribution in [1.29, 1.82) is 0 Å². The van der Waals surface area contributed by atoms with Crippen molar-refractivity contribution in [2.24, 2.45) is 5.92 Å². The molecule has 0 heterocycles. The Balaban J connectivity index is 0. The minimum atomic E-state index is -0.981. The second kappa shape index (κ2) is 12.9. The van der Waals surface area contributed by atoms with Crippen molar-refractivity contribution in [3.63, 3.8) is 0 Å². The molecule has 4 heteroatoms. The molecular weight excluding hydrogens is 244 g/mol. The van der Waals surface area contributed by atoms with E-state index < -0.39 is 5.97 Å². The van der Waals surface area contributed by atoms with Gasteiger partial charge >= 0.3 is 11.9 Å². The highest BCUT2D eigenvalue weighted by Crippen LogP contribution is 2.13. The summed E-state index contributed by atoms with van der Waals surface area (Å²) in [6.45, 7) is 13.0. The lowest BCUT2D eigenvalue weighted by Gasteiger charge is -2.14. The highest BCUT2D eigenvalue weighted by molar-refractivity contribution is 5.86. The van der Waals surface area contributed by atoms with Crippen LogP contribution in [0.25, 0.3) is 0 Å². The van der Waals surface area contributed by atoms with Crippen molar-refractivity contribution in [2.45, 2.75) is 46.5 Å². The molecule has 0 aliphatic heterocycles. The molecule has 1 unspecified atom stereocenters.